The highest BCUT2D eigenvalue weighted by molar-refractivity contribution is 6.21. The highest BCUT2D eigenvalue weighted by Gasteiger charge is 2.61. The zero-order valence-electron chi connectivity index (χ0n) is 13.2. The van der Waals surface area contributed by atoms with Gasteiger partial charge < -0.3 is 0 Å². The number of hydrogen-bond donors (Lipinski definition) is 0. The molecule has 1 heterocycles. The number of halogens is 1. The molecule has 3 atom stereocenters. The predicted molar refractivity (Wildman–Crippen MR) is 87.4 cm³/mol. The van der Waals surface area contributed by atoms with Crippen molar-refractivity contribution in [3.8, 4) is 0 Å². The first-order valence-corrected chi connectivity index (χ1v) is 8.88. The fraction of sp³-hybridized carbons (Fsp3) is 0.737. The molecule has 4 saturated carbocycles. The minimum atomic E-state index is 0.245. The average molecular weight is 304 g/mol. The first-order valence-electron chi connectivity index (χ1n) is 8.45. The molecule has 21 heavy (non-hydrogen) atoms. The Bertz CT molecular complexity index is 522. The quantitative estimate of drug-likeness (QED) is 0.697. The van der Waals surface area contributed by atoms with Crippen molar-refractivity contribution < 1.29 is 0 Å². The van der Waals surface area contributed by atoms with Crippen LogP contribution in [0.1, 0.15) is 58.1 Å². The molecule has 0 radical (unpaired) electrons. The summed E-state index contributed by atoms with van der Waals surface area (Å²) in [4.78, 5) is 4.50. The van der Waals surface area contributed by atoms with Gasteiger partial charge in [0.1, 0.15) is 0 Å². The van der Waals surface area contributed by atoms with E-state index in [0.717, 1.165) is 18.0 Å². The molecule has 1 aromatic heterocycles. The van der Waals surface area contributed by atoms with Gasteiger partial charge in [0.2, 0.25) is 0 Å². The lowest BCUT2D eigenvalue weighted by atomic mass is 9.39. The van der Waals surface area contributed by atoms with E-state index in [2.05, 4.69) is 31.0 Å². The van der Waals surface area contributed by atoms with Crippen LogP contribution in [0.5, 0.6) is 0 Å². The summed E-state index contributed by atoms with van der Waals surface area (Å²) in [5.41, 5.74) is 2.61. The van der Waals surface area contributed by atoms with Crippen LogP contribution >= 0.6 is 11.6 Å². The lowest BCUT2D eigenvalue weighted by Crippen LogP contribution is -2.58. The number of nitrogens with zero attached hydrogens (tertiary/aromatic N) is 1. The molecule has 4 fully saturated rings. The van der Waals surface area contributed by atoms with Crippen LogP contribution in [-0.2, 0) is 6.42 Å². The van der Waals surface area contributed by atoms with E-state index in [1.165, 1.54) is 38.5 Å². The molecule has 0 N–H and O–H groups in total. The third-order valence-corrected chi connectivity index (χ3v) is 7.07. The Morgan fingerprint density at radius 3 is 2.43 bits per heavy atom. The minimum Gasteiger partial charge on any atom is -0.261 e. The second-order valence-corrected chi connectivity index (χ2v) is 9.51. The zero-order valence-corrected chi connectivity index (χ0v) is 14.0. The molecule has 1 nitrogen and oxygen atoms in total. The highest BCUT2D eigenvalue weighted by Crippen LogP contribution is 2.71. The molecule has 2 heteroatoms. The van der Waals surface area contributed by atoms with Crippen molar-refractivity contribution in [1.29, 1.82) is 0 Å². The van der Waals surface area contributed by atoms with Crippen LogP contribution in [0, 0.1) is 22.2 Å². The second-order valence-electron chi connectivity index (χ2n) is 8.99. The number of hydrogen-bond acceptors (Lipinski definition) is 1. The van der Waals surface area contributed by atoms with Gasteiger partial charge in [-0.3, -0.25) is 4.98 Å². The van der Waals surface area contributed by atoms with E-state index in [4.69, 9.17) is 11.6 Å². The van der Waals surface area contributed by atoms with Gasteiger partial charge in [-0.25, -0.2) is 0 Å². The van der Waals surface area contributed by atoms with Crippen LogP contribution in [0.3, 0.4) is 0 Å². The van der Waals surface area contributed by atoms with Crippen LogP contribution in [0.15, 0.2) is 24.4 Å². The third-order valence-electron chi connectivity index (χ3n) is 6.45. The molecule has 4 aliphatic rings. The Hall–Kier alpha value is -0.560. The van der Waals surface area contributed by atoms with Crippen molar-refractivity contribution in [2.24, 2.45) is 22.2 Å². The summed E-state index contributed by atoms with van der Waals surface area (Å²) >= 11 is 7.02. The normalized spacial score (nSPS) is 45.8. The Morgan fingerprint density at radius 2 is 1.86 bits per heavy atom. The van der Waals surface area contributed by atoms with Gasteiger partial charge in [0.05, 0.1) is 0 Å². The van der Waals surface area contributed by atoms with Crippen LogP contribution in [0.4, 0.5) is 0 Å². The van der Waals surface area contributed by atoms with Gasteiger partial charge in [-0.1, -0.05) is 19.9 Å². The zero-order chi connectivity index (χ0) is 14.7. The molecular formula is C19H26ClN. The molecule has 0 amide bonds. The molecule has 5 rings (SSSR count). The van der Waals surface area contributed by atoms with Gasteiger partial charge in [0.25, 0.3) is 0 Å². The molecule has 0 aliphatic heterocycles. The van der Waals surface area contributed by atoms with Crippen molar-refractivity contribution in [3.05, 3.63) is 30.1 Å². The molecular weight excluding hydrogens is 278 g/mol. The average Bonchev–Trinajstić information content (AvgIpc) is 2.35. The summed E-state index contributed by atoms with van der Waals surface area (Å²) < 4.78 is 0. The Kier molecular flexibility index (Phi) is 2.99. The summed E-state index contributed by atoms with van der Waals surface area (Å²) in [5, 5.41) is 0.245. The van der Waals surface area contributed by atoms with Crippen molar-refractivity contribution in [2.75, 3.05) is 0 Å². The molecule has 0 saturated heterocycles. The first kappa shape index (κ1) is 14.1. The number of pyridine rings is 1. The Labute approximate surface area is 133 Å². The maximum Gasteiger partial charge on any atom is 0.0448 e. The molecule has 0 spiro atoms. The van der Waals surface area contributed by atoms with Gasteiger partial charge in [-0.2, -0.15) is 0 Å². The Balaban J connectivity index is 1.62. The van der Waals surface area contributed by atoms with Gasteiger partial charge in [-0.15, -0.1) is 11.6 Å². The SMILES string of the molecule is CC12CC3CC(C)(C1)CC(C(Cl)Cc1ccccn1)(C3)C2. The lowest BCUT2D eigenvalue weighted by Gasteiger charge is -2.66. The fourth-order valence-corrected chi connectivity index (χ4v) is 7.21. The van der Waals surface area contributed by atoms with Crippen molar-refractivity contribution >= 4 is 11.6 Å². The van der Waals surface area contributed by atoms with Crippen LogP contribution in [0.25, 0.3) is 0 Å². The van der Waals surface area contributed by atoms with Crippen molar-refractivity contribution in [1.82, 2.24) is 4.98 Å². The molecule has 4 bridgehead atoms. The molecule has 114 valence electrons. The summed E-state index contributed by atoms with van der Waals surface area (Å²) in [7, 11) is 0. The van der Waals surface area contributed by atoms with Crippen molar-refractivity contribution in [2.45, 2.75) is 64.2 Å². The first-order chi connectivity index (χ1) is 9.91. The van der Waals surface area contributed by atoms with Crippen LogP contribution < -0.4 is 0 Å². The summed E-state index contributed by atoms with van der Waals surface area (Å²) in [6.45, 7) is 5.05. The van der Waals surface area contributed by atoms with Gasteiger partial charge >= 0.3 is 0 Å². The van der Waals surface area contributed by atoms with E-state index in [-0.39, 0.29) is 5.38 Å². The lowest BCUT2D eigenvalue weighted by molar-refractivity contribution is -0.145. The largest absolute Gasteiger partial charge is 0.261 e. The summed E-state index contributed by atoms with van der Waals surface area (Å²) in [6.07, 6.45) is 11.2. The molecule has 4 aliphatic carbocycles. The standard InChI is InChI=1S/C19H26ClN/c1-17-8-14-9-18(2,11-17)13-19(10-14,12-17)16(20)7-15-5-3-4-6-21-15/h3-6,14,16H,7-13H2,1-2H3. The third kappa shape index (κ3) is 2.32. The molecule has 3 unspecified atom stereocenters. The van der Waals surface area contributed by atoms with Gasteiger partial charge in [-0.05, 0) is 72.8 Å². The maximum atomic E-state index is 7.02. The smallest absolute Gasteiger partial charge is 0.0448 e. The topological polar surface area (TPSA) is 12.9 Å². The van der Waals surface area contributed by atoms with Crippen LogP contribution in [-0.4, -0.2) is 10.4 Å². The highest BCUT2D eigenvalue weighted by atomic mass is 35.5. The van der Waals surface area contributed by atoms with Crippen LogP contribution in [0.2, 0.25) is 0 Å². The van der Waals surface area contributed by atoms with E-state index < -0.39 is 0 Å². The van der Waals surface area contributed by atoms with E-state index in [1.54, 1.807) is 0 Å². The van der Waals surface area contributed by atoms with Gasteiger partial charge in [0, 0.05) is 23.7 Å². The Morgan fingerprint density at radius 1 is 1.14 bits per heavy atom. The minimum absolute atomic E-state index is 0.245. The molecule has 1 aromatic rings. The molecule has 0 aromatic carbocycles. The van der Waals surface area contributed by atoms with Gasteiger partial charge in [0.15, 0.2) is 0 Å². The van der Waals surface area contributed by atoms with Crippen molar-refractivity contribution in [3.63, 3.8) is 0 Å². The second kappa shape index (κ2) is 4.47. The number of rotatable bonds is 3. The fourth-order valence-electron chi connectivity index (χ4n) is 6.80. The predicted octanol–water partition coefficient (Wildman–Crippen LogP) is 5.23. The monoisotopic (exact) mass is 303 g/mol. The van der Waals surface area contributed by atoms with E-state index in [1.807, 2.05) is 12.3 Å². The summed E-state index contributed by atoms with van der Waals surface area (Å²) in [6, 6.07) is 6.19. The van der Waals surface area contributed by atoms with E-state index in [0.29, 0.717) is 16.2 Å². The maximum absolute atomic E-state index is 7.02. The summed E-state index contributed by atoms with van der Waals surface area (Å²) in [5.74, 6) is 0.918. The van der Waals surface area contributed by atoms with E-state index >= 15 is 0 Å². The number of aromatic nitrogens is 1. The van der Waals surface area contributed by atoms with E-state index in [9.17, 15) is 0 Å². The number of alkyl halides is 1.